The second-order valence-corrected chi connectivity index (χ2v) is 7.52. The molecule has 1 fully saturated rings. The molecule has 0 bridgehead atoms. The second kappa shape index (κ2) is 6.66. The molecule has 1 unspecified atom stereocenters. The molecule has 134 valence electrons. The Morgan fingerprint density at radius 1 is 1.31 bits per heavy atom. The highest BCUT2D eigenvalue weighted by molar-refractivity contribution is 7.20. The van der Waals surface area contributed by atoms with Crippen LogP contribution in [0, 0.1) is 0 Å². The lowest BCUT2D eigenvalue weighted by Gasteiger charge is -2.32. The molecule has 26 heavy (non-hydrogen) atoms. The molecule has 4 rings (SSSR count). The molecule has 0 aliphatic carbocycles. The zero-order valence-corrected chi connectivity index (χ0v) is 15.5. The Morgan fingerprint density at radius 3 is 2.92 bits per heavy atom. The zero-order valence-electron chi connectivity index (χ0n) is 14.6. The van der Waals surface area contributed by atoms with Crippen molar-refractivity contribution in [1.29, 1.82) is 0 Å². The highest BCUT2D eigenvalue weighted by Crippen LogP contribution is 2.28. The molecule has 0 N–H and O–H groups in total. The first-order valence-corrected chi connectivity index (χ1v) is 9.31. The average molecular weight is 369 g/mol. The first kappa shape index (κ1) is 16.9. The van der Waals surface area contributed by atoms with Crippen molar-refractivity contribution in [2.24, 2.45) is 7.05 Å². The summed E-state index contributed by atoms with van der Waals surface area (Å²) < 4.78 is 6.94. The van der Waals surface area contributed by atoms with E-state index >= 15 is 0 Å². The van der Waals surface area contributed by atoms with Crippen LogP contribution in [0.4, 0.5) is 0 Å². The lowest BCUT2D eigenvalue weighted by molar-refractivity contribution is 0.00387. The van der Waals surface area contributed by atoms with Gasteiger partial charge in [-0.25, -0.2) is 4.98 Å². The van der Waals surface area contributed by atoms with Crippen molar-refractivity contribution in [3.63, 3.8) is 0 Å². The molecular weight excluding hydrogens is 350 g/mol. The van der Waals surface area contributed by atoms with Gasteiger partial charge >= 0.3 is 0 Å². The van der Waals surface area contributed by atoms with E-state index in [4.69, 9.17) is 9.72 Å². The summed E-state index contributed by atoms with van der Waals surface area (Å²) >= 11 is 1.41. The normalized spacial score (nSPS) is 17.6. The summed E-state index contributed by atoms with van der Waals surface area (Å²) in [5.74, 6) is 0.0347. The monoisotopic (exact) mass is 369 g/mol. The molecule has 0 saturated carbocycles. The summed E-state index contributed by atoms with van der Waals surface area (Å²) in [5.41, 5.74) is 1.60. The van der Waals surface area contributed by atoms with Gasteiger partial charge in [-0.1, -0.05) is 0 Å². The topological polar surface area (TPSA) is 64.4 Å². The largest absolute Gasteiger partial charge is 0.377 e. The maximum Gasteiger partial charge on any atom is 0.264 e. The third-order valence-electron chi connectivity index (χ3n) is 4.60. The van der Waals surface area contributed by atoms with Crippen LogP contribution in [-0.4, -0.2) is 46.2 Å². The number of carbonyl (C=O) groups excluding carboxylic acids is 1. The molecule has 6 nitrogen and oxygen atoms in total. The van der Waals surface area contributed by atoms with Crippen LogP contribution in [-0.2, 0) is 11.8 Å². The van der Waals surface area contributed by atoms with Gasteiger partial charge in [0.25, 0.3) is 5.91 Å². The third kappa shape index (κ3) is 3.04. The smallest absolute Gasteiger partial charge is 0.264 e. The zero-order chi connectivity index (χ0) is 18.3. The SMILES string of the molecule is CC1COCCN1C(=O)c1cc2ccc(-c3ccc(=O)n(C)c3)nc2s1. The standard InChI is InChI=1S/C19H19N3O3S/c1-12-11-25-8-7-22(12)19(24)16-9-13-3-5-15(20-18(13)26-16)14-4-6-17(23)21(2)10-14/h3-6,9-10,12H,7-8,11H2,1-2H3. The second-order valence-electron chi connectivity index (χ2n) is 6.49. The summed E-state index contributed by atoms with van der Waals surface area (Å²) in [4.78, 5) is 32.5. The molecule has 1 aliphatic rings. The van der Waals surface area contributed by atoms with Gasteiger partial charge in [-0.15, -0.1) is 11.3 Å². The number of pyridine rings is 2. The van der Waals surface area contributed by atoms with Gasteiger partial charge in [0.1, 0.15) is 4.83 Å². The number of nitrogens with zero attached hydrogens (tertiary/aromatic N) is 3. The van der Waals surface area contributed by atoms with Crippen LogP contribution in [0.1, 0.15) is 16.6 Å². The van der Waals surface area contributed by atoms with E-state index in [0.29, 0.717) is 24.6 Å². The summed E-state index contributed by atoms with van der Waals surface area (Å²) in [7, 11) is 1.72. The molecule has 0 spiro atoms. The van der Waals surface area contributed by atoms with E-state index in [1.807, 2.05) is 30.0 Å². The Hall–Kier alpha value is -2.51. The first-order valence-electron chi connectivity index (χ1n) is 8.49. The van der Waals surface area contributed by atoms with Gasteiger partial charge in [0, 0.05) is 36.8 Å². The van der Waals surface area contributed by atoms with Crippen LogP contribution in [0.3, 0.4) is 0 Å². The minimum atomic E-state index is -0.0570. The van der Waals surface area contributed by atoms with Crippen LogP contribution < -0.4 is 5.56 Å². The van der Waals surface area contributed by atoms with E-state index in [2.05, 4.69) is 0 Å². The highest BCUT2D eigenvalue weighted by atomic mass is 32.1. The molecule has 7 heteroatoms. The van der Waals surface area contributed by atoms with Crippen molar-refractivity contribution in [3.8, 4) is 11.3 Å². The van der Waals surface area contributed by atoms with E-state index in [1.165, 1.54) is 22.0 Å². The Labute approximate surface area is 154 Å². The van der Waals surface area contributed by atoms with E-state index in [1.54, 1.807) is 19.3 Å². The van der Waals surface area contributed by atoms with Gasteiger partial charge < -0.3 is 14.2 Å². The maximum atomic E-state index is 12.8. The fourth-order valence-corrected chi connectivity index (χ4v) is 4.09. The van der Waals surface area contributed by atoms with Crippen LogP contribution in [0.25, 0.3) is 21.5 Å². The number of amides is 1. The van der Waals surface area contributed by atoms with Crippen molar-refractivity contribution < 1.29 is 9.53 Å². The van der Waals surface area contributed by atoms with Crippen LogP contribution in [0.5, 0.6) is 0 Å². The summed E-state index contributed by atoms with van der Waals surface area (Å²) in [6.07, 6.45) is 1.77. The number of rotatable bonds is 2. The predicted octanol–water partition coefficient (Wildman–Crippen LogP) is 2.52. The lowest BCUT2D eigenvalue weighted by atomic mass is 10.1. The van der Waals surface area contributed by atoms with Crippen molar-refractivity contribution in [3.05, 3.63) is 51.8 Å². The Balaban J connectivity index is 1.68. The molecule has 1 saturated heterocycles. The number of fused-ring (bicyclic) bond motifs is 1. The van der Waals surface area contributed by atoms with Crippen molar-refractivity contribution in [2.45, 2.75) is 13.0 Å². The van der Waals surface area contributed by atoms with Crippen LogP contribution in [0.2, 0.25) is 0 Å². The number of aromatic nitrogens is 2. The number of aryl methyl sites for hydroxylation is 1. The number of ether oxygens (including phenoxy) is 1. The molecule has 3 aromatic rings. The average Bonchev–Trinajstić information content (AvgIpc) is 3.07. The van der Waals surface area contributed by atoms with E-state index in [9.17, 15) is 9.59 Å². The van der Waals surface area contributed by atoms with Gasteiger partial charge in [-0.05, 0) is 31.2 Å². The summed E-state index contributed by atoms with van der Waals surface area (Å²) in [6.45, 7) is 3.77. The summed E-state index contributed by atoms with van der Waals surface area (Å²) in [6, 6.07) is 9.17. The van der Waals surface area contributed by atoms with Crippen molar-refractivity contribution in [1.82, 2.24) is 14.5 Å². The molecule has 0 radical (unpaired) electrons. The molecular formula is C19H19N3O3S. The number of carbonyl (C=O) groups is 1. The number of morpholine rings is 1. The number of hydrogen-bond donors (Lipinski definition) is 0. The molecule has 4 heterocycles. The minimum Gasteiger partial charge on any atom is -0.377 e. The molecule has 0 aromatic carbocycles. The molecule has 1 amide bonds. The fraction of sp³-hybridized carbons (Fsp3) is 0.316. The van der Waals surface area contributed by atoms with E-state index < -0.39 is 0 Å². The van der Waals surface area contributed by atoms with Gasteiger partial charge in [0.15, 0.2) is 0 Å². The van der Waals surface area contributed by atoms with Crippen LogP contribution >= 0.6 is 11.3 Å². The predicted molar refractivity (Wildman–Crippen MR) is 102 cm³/mol. The van der Waals surface area contributed by atoms with Gasteiger partial charge in [-0.3, -0.25) is 9.59 Å². The highest BCUT2D eigenvalue weighted by Gasteiger charge is 2.26. The van der Waals surface area contributed by atoms with Gasteiger partial charge in [-0.2, -0.15) is 0 Å². The van der Waals surface area contributed by atoms with Gasteiger partial charge in [0.2, 0.25) is 5.56 Å². The van der Waals surface area contributed by atoms with Crippen LogP contribution in [0.15, 0.2) is 41.3 Å². The quantitative estimate of drug-likeness (QED) is 0.696. The molecule has 1 atom stereocenters. The lowest BCUT2D eigenvalue weighted by Crippen LogP contribution is -2.46. The number of thiophene rings is 1. The van der Waals surface area contributed by atoms with E-state index in [0.717, 1.165) is 21.5 Å². The first-order chi connectivity index (χ1) is 12.5. The molecule has 1 aliphatic heterocycles. The fourth-order valence-electron chi connectivity index (χ4n) is 3.10. The Kier molecular flexibility index (Phi) is 4.34. The minimum absolute atomic E-state index is 0.0347. The van der Waals surface area contributed by atoms with E-state index in [-0.39, 0.29) is 17.5 Å². The van der Waals surface area contributed by atoms with Crippen molar-refractivity contribution in [2.75, 3.05) is 19.8 Å². The Morgan fingerprint density at radius 2 is 2.15 bits per heavy atom. The maximum absolute atomic E-state index is 12.8. The summed E-state index contributed by atoms with van der Waals surface area (Å²) in [5, 5.41) is 0.952. The number of hydrogen-bond acceptors (Lipinski definition) is 5. The van der Waals surface area contributed by atoms with Crippen molar-refractivity contribution >= 4 is 27.5 Å². The Bertz CT molecular complexity index is 1040. The van der Waals surface area contributed by atoms with Gasteiger partial charge in [0.05, 0.1) is 29.8 Å². The third-order valence-corrected chi connectivity index (χ3v) is 5.64. The molecule has 3 aromatic heterocycles.